The van der Waals surface area contributed by atoms with Gasteiger partial charge in [0.1, 0.15) is 0 Å². The van der Waals surface area contributed by atoms with Gasteiger partial charge in [0.05, 0.1) is 12.6 Å². The van der Waals surface area contributed by atoms with Crippen LogP contribution in [0.4, 0.5) is 0 Å². The molecule has 1 aromatic rings. The topological polar surface area (TPSA) is 64.4 Å². The number of hydrogen-bond acceptors (Lipinski definition) is 3. The zero-order valence-corrected chi connectivity index (χ0v) is 10.3. The van der Waals surface area contributed by atoms with Crippen molar-refractivity contribution in [3.8, 4) is 0 Å². The van der Waals surface area contributed by atoms with Crippen molar-refractivity contribution in [2.75, 3.05) is 0 Å². The number of hydrogen-bond donors (Lipinski definition) is 2. The lowest BCUT2D eigenvalue weighted by Crippen LogP contribution is -2.44. The number of carbonyl (C=O) groups excluding carboxylic acids is 1. The van der Waals surface area contributed by atoms with Crippen molar-refractivity contribution in [2.24, 2.45) is 11.7 Å². The second-order valence-corrected chi connectivity index (χ2v) is 4.15. The van der Waals surface area contributed by atoms with E-state index in [1.807, 2.05) is 44.2 Å². The minimum atomic E-state index is -0.518. The van der Waals surface area contributed by atoms with E-state index in [0.29, 0.717) is 6.61 Å². The van der Waals surface area contributed by atoms with E-state index in [1.165, 1.54) is 0 Å². The molecule has 94 valence electrons. The van der Waals surface area contributed by atoms with Gasteiger partial charge in [-0.15, -0.1) is 0 Å². The molecular weight excluding hydrogens is 216 g/mol. The van der Waals surface area contributed by atoms with Gasteiger partial charge in [-0.3, -0.25) is 9.63 Å². The minimum absolute atomic E-state index is 0.148. The van der Waals surface area contributed by atoms with E-state index >= 15 is 0 Å². The molecule has 0 radical (unpaired) electrons. The number of hydroxylamine groups is 1. The SMILES string of the molecule is CCC(C)[C@H](N)C(=O)NOCc1ccccc1. The molecule has 1 unspecified atom stereocenters. The minimum Gasteiger partial charge on any atom is -0.320 e. The Morgan fingerprint density at radius 2 is 2.06 bits per heavy atom. The van der Waals surface area contributed by atoms with Crippen LogP contribution in [0.1, 0.15) is 25.8 Å². The van der Waals surface area contributed by atoms with Gasteiger partial charge in [-0.25, -0.2) is 5.48 Å². The highest BCUT2D eigenvalue weighted by Gasteiger charge is 2.19. The quantitative estimate of drug-likeness (QED) is 0.737. The van der Waals surface area contributed by atoms with Crippen LogP contribution < -0.4 is 11.2 Å². The summed E-state index contributed by atoms with van der Waals surface area (Å²) in [6.45, 7) is 4.30. The third kappa shape index (κ3) is 4.54. The first kappa shape index (κ1) is 13.7. The maximum absolute atomic E-state index is 11.6. The molecule has 3 N–H and O–H groups in total. The van der Waals surface area contributed by atoms with Crippen LogP contribution >= 0.6 is 0 Å². The van der Waals surface area contributed by atoms with Crippen LogP contribution in [-0.4, -0.2) is 11.9 Å². The lowest BCUT2D eigenvalue weighted by Gasteiger charge is -2.17. The molecule has 0 fully saturated rings. The molecule has 17 heavy (non-hydrogen) atoms. The Bertz CT molecular complexity index is 341. The summed E-state index contributed by atoms with van der Waals surface area (Å²) in [4.78, 5) is 16.7. The Balaban J connectivity index is 2.29. The van der Waals surface area contributed by atoms with Crippen LogP contribution in [0.25, 0.3) is 0 Å². The number of rotatable bonds is 6. The predicted octanol–water partition coefficient (Wildman–Crippen LogP) is 1.61. The molecule has 1 amide bonds. The highest BCUT2D eigenvalue weighted by Crippen LogP contribution is 2.05. The molecule has 0 aliphatic rings. The molecule has 4 nitrogen and oxygen atoms in total. The highest BCUT2D eigenvalue weighted by molar-refractivity contribution is 5.80. The summed E-state index contributed by atoms with van der Waals surface area (Å²) in [5, 5.41) is 0. The smallest absolute Gasteiger partial charge is 0.260 e. The Kier molecular flexibility index (Phi) is 5.66. The maximum Gasteiger partial charge on any atom is 0.260 e. The first-order valence-corrected chi connectivity index (χ1v) is 5.86. The molecule has 1 aromatic carbocycles. The largest absolute Gasteiger partial charge is 0.320 e. The fraction of sp³-hybridized carbons (Fsp3) is 0.462. The standard InChI is InChI=1S/C13H20N2O2/c1-3-10(2)12(14)13(16)15-17-9-11-7-5-4-6-8-11/h4-8,10,12H,3,9,14H2,1-2H3,(H,15,16)/t10?,12-/m0/s1. The van der Waals surface area contributed by atoms with Crippen molar-refractivity contribution in [1.82, 2.24) is 5.48 Å². The molecular formula is C13H20N2O2. The first-order valence-electron chi connectivity index (χ1n) is 5.86. The van der Waals surface area contributed by atoms with Gasteiger partial charge in [0, 0.05) is 0 Å². The average Bonchev–Trinajstić information content (AvgIpc) is 2.38. The van der Waals surface area contributed by atoms with E-state index < -0.39 is 6.04 Å². The van der Waals surface area contributed by atoms with E-state index in [1.54, 1.807) is 0 Å². The Labute approximate surface area is 102 Å². The number of carbonyl (C=O) groups is 1. The van der Waals surface area contributed by atoms with Gasteiger partial charge in [-0.05, 0) is 11.5 Å². The van der Waals surface area contributed by atoms with Crippen LogP contribution in [0.2, 0.25) is 0 Å². The van der Waals surface area contributed by atoms with Gasteiger partial charge < -0.3 is 5.73 Å². The van der Waals surface area contributed by atoms with E-state index in [2.05, 4.69) is 5.48 Å². The Morgan fingerprint density at radius 1 is 1.41 bits per heavy atom. The van der Waals surface area contributed by atoms with Gasteiger partial charge in [0.25, 0.3) is 5.91 Å². The van der Waals surface area contributed by atoms with Gasteiger partial charge in [-0.2, -0.15) is 0 Å². The summed E-state index contributed by atoms with van der Waals surface area (Å²) in [6, 6.07) is 9.12. The summed E-state index contributed by atoms with van der Waals surface area (Å²) in [5.74, 6) is -0.120. The van der Waals surface area contributed by atoms with Gasteiger partial charge in [-0.1, -0.05) is 50.6 Å². The van der Waals surface area contributed by atoms with Crippen LogP contribution in [0.5, 0.6) is 0 Å². The molecule has 2 atom stereocenters. The zero-order chi connectivity index (χ0) is 12.7. The Hall–Kier alpha value is -1.39. The number of benzene rings is 1. The average molecular weight is 236 g/mol. The summed E-state index contributed by atoms with van der Waals surface area (Å²) in [5.41, 5.74) is 9.15. The lowest BCUT2D eigenvalue weighted by atomic mass is 10.00. The van der Waals surface area contributed by atoms with E-state index in [9.17, 15) is 4.79 Å². The molecule has 0 aliphatic carbocycles. The molecule has 0 aliphatic heterocycles. The monoisotopic (exact) mass is 236 g/mol. The summed E-state index contributed by atoms with van der Waals surface area (Å²) in [6.07, 6.45) is 0.868. The predicted molar refractivity (Wildman–Crippen MR) is 66.8 cm³/mol. The third-order valence-corrected chi connectivity index (χ3v) is 2.81. The van der Waals surface area contributed by atoms with E-state index in [0.717, 1.165) is 12.0 Å². The molecule has 0 spiro atoms. The van der Waals surface area contributed by atoms with Crippen molar-refractivity contribution in [3.05, 3.63) is 35.9 Å². The van der Waals surface area contributed by atoms with Gasteiger partial charge >= 0.3 is 0 Å². The summed E-state index contributed by atoms with van der Waals surface area (Å²) < 4.78 is 0. The molecule has 0 bridgehead atoms. The molecule has 0 saturated heterocycles. The normalized spacial score (nSPS) is 14.1. The fourth-order valence-corrected chi connectivity index (χ4v) is 1.35. The third-order valence-electron chi connectivity index (χ3n) is 2.81. The molecule has 0 heterocycles. The van der Waals surface area contributed by atoms with Crippen molar-refractivity contribution >= 4 is 5.91 Å². The van der Waals surface area contributed by atoms with Crippen molar-refractivity contribution in [1.29, 1.82) is 0 Å². The zero-order valence-electron chi connectivity index (χ0n) is 10.3. The number of nitrogens with one attached hydrogen (secondary N) is 1. The van der Waals surface area contributed by atoms with Crippen molar-refractivity contribution < 1.29 is 9.63 Å². The van der Waals surface area contributed by atoms with Crippen LogP contribution in [0.3, 0.4) is 0 Å². The van der Waals surface area contributed by atoms with Crippen LogP contribution in [0, 0.1) is 5.92 Å². The van der Waals surface area contributed by atoms with E-state index in [4.69, 9.17) is 10.6 Å². The maximum atomic E-state index is 11.6. The Morgan fingerprint density at radius 3 is 2.65 bits per heavy atom. The van der Waals surface area contributed by atoms with Gasteiger partial charge in [0.2, 0.25) is 0 Å². The van der Waals surface area contributed by atoms with E-state index in [-0.39, 0.29) is 11.8 Å². The van der Waals surface area contributed by atoms with Crippen molar-refractivity contribution in [3.63, 3.8) is 0 Å². The molecule has 1 rings (SSSR count). The molecule has 0 aromatic heterocycles. The fourth-order valence-electron chi connectivity index (χ4n) is 1.35. The van der Waals surface area contributed by atoms with Crippen LogP contribution in [-0.2, 0) is 16.2 Å². The number of nitrogens with two attached hydrogens (primary N) is 1. The lowest BCUT2D eigenvalue weighted by molar-refractivity contribution is -0.137. The molecule has 4 heteroatoms. The highest BCUT2D eigenvalue weighted by atomic mass is 16.6. The van der Waals surface area contributed by atoms with Gasteiger partial charge in [0.15, 0.2) is 0 Å². The second kappa shape index (κ2) is 7.04. The van der Waals surface area contributed by atoms with Crippen molar-refractivity contribution in [2.45, 2.75) is 32.9 Å². The number of amides is 1. The summed E-state index contributed by atoms with van der Waals surface area (Å²) in [7, 11) is 0. The second-order valence-electron chi connectivity index (χ2n) is 4.15. The molecule has 0 saturated carbocycles. The van der Waals surface area contributed by atoms with Crippen LogP contribution in [0.15, 0.2) is 30.3 Å². The summed E-state index contributed by atoms with van der Waals surface area (Å²) >= 11 is 0. The first-order chi connectivity index (χ1) is 8.15.